The number of imide groups is 2. The molecule has 2 aromatic heterocycles. The van der Waals surface area contributed by atoms with E-state index in [2.05, 4.69) is 20.6 Å². The lowest BCUT2D eigenvalue weighted by molar-refractivity contribution is 0.0532. The molecule has 0 radical (unpaired) electrons. The van der Waals surface area contributed by atoms with Gasteiger partial charge in [-0.1, -0.05) is 24.3 Å². The molecule has 4 amide bonds. The summed E-state index contributed by atoms with van der Waals surface area (Å²) >= 11 is 3.13. The number of aryl methyl sites for hydroxylation is 2. The van der Waals surface area contributed by atoms with Crippen LogP contribution in [-0.2, 0) is 10.1 Å². The van der Waals surface area contributed by atoms with Crippen molar-refractivity contribution in [1.82, 2.24) is 30.4 Å². The van der Waals surface area contributed by atoms with Crippen LogP contribution in [0.25, 0.3) is 42.0 Å². The summed E-state index contributed by atoms with van der Waals surface area (Å²) in [7, 11) is -3.67. The van der Waals surface area contributed by atoms with Crippen molar-refractivity contribution in [3.8, 4) is 0 Å². The van der Waals surface area contributed by atoms with E-state index in [1.807, 2.05) is 64.1 Å². The van der Waals surface area contributed by atoms with Gasteiger partial charge in [-0.25, -0.2) is 9.97 Å². The molecule has 2 aliphatic heterocycles. The topological polar surface area (TPSA) is 179 Å². The number of benzene rings is 4. The highest BCUT2D eigenvalue weighted by Crippen LogP contribution is 2.39. The first-order chi connectivity index (χ1) is 25.1. The molecule has 0 fully saturated rings. The Morgan fingerprint density at radius 1 is 0.679 bits per heavy atom. The molecule has 3 N–H and O–H groups in total. The summed E-state index contributed by atoms with van der Waals surface area (Å²) in [6.45, 7) is 9.54. The highest BCUT2D eigenvalue weighted by molar-refractivity contribution is 7.85. The van der Waals surface area contributed by atoms with E-state index in [4.69, 9.17) is 4.55 Å². The van der Waals surface area contributed by atoms with Gasteiger partial charge in [-0.3, -0.25) is 33.5 Å². The fourth-order valence-electron chi connectivity index (χ4n) is 7.13. The molecule has 2 atom stereocenters. The van der Waals surface area contributed by atoms with Gasteiger partial charge >= 0.3 is 0 Å². The average molecular weight is 773 g/mol. The summed E-state index contributed by atoms with van der Waals surface area (Å²) in [6, 6.07) is 14.1. The molecule has 0 bridgehead atoms. The number of carbonyl (C=O) groups excluding carboxylic acids is 4. The first-order valence-electron chi connectivity index (χ1n) is 16.9. The van der Waals surface area contributed by atoms with E-state index in [0.29, 0.717) is 65.5 Å². The predicted molar refractivity (Wildman–Crippen MR) is 207 cm³/mol. The maximum atomic E-state index is 13.7. The van der Waals surface area contributed by atoms with Crippen molar-refractivity contribution in [2.45, 2.75) is 39.8 Å². The van der Waals surface area contributed by atoms with Crippen LogP contribution in [0, 0.1) is 13.8 Å². The molecular formula is C37H36N6O7S3. The number of fused-ring (bicyclic) bond motifs is 4. The molecular weight excluding hydrogens is 737 g/mol. The minimum absolute atomic E-state index is 0.293. The lowest BCUT2D eigenvalue weighted by Crippen LogP contribution is -2.51. The van der Waals surface area contributed by atoms with Crippen molar-refractivity contribution in [1.29, 1.82) is 0 Å². The second kappa shape index (κ2) is 13.9. The fourth-order valence-corrected chi connectivity index (χ4v) is 8.99. The van der Waals surface area contributed by atoms with E-state index < -0.39 is 10.1 Å². The Morgan fingerprint density at radius 3 is 1.42 bits per heavy atom. The summed E-state index contributed by atoms with van der Waals surface area (Å²) in [6.07, 6.45) is 0.715. The van der Waals surface area contributed by atoms with Crippen LogP contribution < -0.4 is 10.6 Å². The molecule has 16 heteroatoms. The molecule has 8 rings (SSSR count). The quantitative estimate of drug-likeness (QED) is 0.100. The van der Waals surface area contributed by atoms with Crippen molar-refractivity contribution >= 4 is 98.4 Å². The SMILES string of the molecule is CS(=O)(=O)O.Cc1nc2cc3c4c(cccc4c2s1)C(=O)N([C@H](C)CNCCNC[C@@H](C)N1C(=O)c2cccc4c2c(cc2nc(C)sc24)C1=O)C3=O. The van der Waals surface area contributed by atoms with Crippen molar-refractivity contribution in [3.05, 3.63) is 80.8 Å². The minimum Gasteiger partial charge on any atom is -0.313 e. The number of hydrogen-bond acceptors (Lipinski definition) is 12. The van der Waals surface area contributed by atoms with Crippen molar-refractivity contribution in [2.75, 3.05) is 32.4 Å². The number of nitrogens with zero attached hydrogens (tertiary/aromatic N) is 4. The summed E-state index contributed by atoms with van der Waals surface area (Å²) in [5.41, 5.74) is 3.62. The Bertz CT molecular complexity index is 2460. The van der Waals surface area contributed by atoms with Gasteiger partial charge in [0.25, 0.3) is 33.7 Å². The largest absolute Gasteiger partial charge is 0.313 e. The Morgan fingerprint density at radius 2 is 1.04 bits per heavy atom. The van der Waals surface area contributed by atoms with Gasteiger partial charge < -0.3 is 10.6 Å². The van der Waals surface area contributed by atoms with E-state index in [0.717, 1.165) is 41.2 Å². The molecule has 0 unspecified atom stereocenters. The lowest BCUT2D eigenvalue weighted by atomic mass is 9.92. The molecule has 13 nitrogen and oxygen atoms in total. The maximum absolute atomic E-state index is 13.7. The van der Waals surface area contributed by atoms with Gasteiger partial charge in [0.1, 0.15) is 0 Å². The average Bonchev–Trinajstić information content (AvgIpc) is 3.67. The zero-order chi connectivity index (χ0) is 37.9. The standard InChI is InChI=1S/C36H32N6O4S2.CH4O3S/c1-17(41-33(43)23-9-5-7-21-29(23)25(35(41)45)13-27-31(21)47-19(3)39-27)15-37-11-12-38-16-18(2)42-34(44)24-10-6-8-22-30(24)26(36(42)46)14-28-32(22)48-20(4)40-28;1-5(2,3)4/h5-10,13-14,17-18,37-38H,11-12,15-16H2,1-4H3;1H3,(H,2,3,4)/t17-,18-;/m1./s1. The van der Waals surface area contributed by atoms with Gasteiger partial charge in [-0.2, -0.15) is 8.42 Å². The molecule has 4 aromatic carbocycles. The fraction of sp³-hybridized carbons (Fsp3) is 0.297. The number of nitrogens with one attached hydrogen (secondary N) is 2. The Balaban J connectivity index is 0.000000817. The molecule has 53 heavy (non-hydrogen) atoms. The van der Waals surface area contributed by atoms with Gasteiger partial charge in [-0.05, 0) is 52.0 Å². The highest BCUT2D eigenvalue weighted by atomic mass is 32.2. The van der Waals surface area contributed by atoms with Crippen LogP contribution in [0.3, 0.4) is 0 Å². The molecule has 0 saturated carbocycles. The van der Waals surface area contributed by atoms with Crippen LogP contribution in [0.15, 0.2) is 48.5 Å². The van der Waals surface area contributed by atoms with Gasteiger partial charge in [-0.15, -0.1) is 22.7 Å². The Kier molecular flexibility index (Phi) is 9.63. The van der Waals surface area contributed by atoms with Gasteiger partial charge in [0.15, 0.2) is 0 Å². The van der Waals surface area contributed by atoms with Crippen LogP contribution in [0.5, 0.6) is 0 Å². The predicted octanol–water partition coefficient (Wildman–Crippen LogP) is 5.18. The van der Waals surface area contributed by atoms with E-state index in [-0.39, 0.29) is 35.7 Å². The van der Waals surface area contributed by atoms with Crippen molar-refractivity contribution in [2.24, 2.45) is 0 Å². The second-order valence-electron chi connectivity index (χ2n) is 13.3. The van der Waals surface area contributed by atoms with E-state index in [1.165, 1.54) is 9.80 Å². The number of rotatable bonds is 9. The second-order valence-corrected chi connectivity index (χ2v) is 17.1. The number of carbonyl (C=O) groups is 4. The van der Waals surface area contributed by atoms with E-state index in [1.54, 1.807) is 34.8 Å². The van der Waals surface area contributed by atoms with Gasteiger partial charge in [0.05, 0.1) is 47.8 Å². The van der Waals surface area contributed by atoms with Gasteiger partial charge in [0, 0.05) is 70.9 Å². The number of amides is 4. The third-order valence-corrected chi connectivity index (χ3v) is 11.3. The van der Waals surface area contributed by atoms with Crippen molar-refractivity contribution < 1.29 is 32.1 Å². The van der Waals surface area contributed by atoms with Gasteiger partial charge in [0.2, 0.25) is 0 Å². The summed E-state index contributed by atoms with van der Waals surface area (Å²) in [5, 5.41) is 11.7. The van der Waals surface area contributed by atoms with E-state index >= 15 is 0 Å². The molecule has 4 heterocycles. The Hall–Kier alpha value is -4.71. The molecule has 2 aliphatic rings. The molecule has 0 saturated heterocycles. The third-order valence-electron chi connectivity index (χ3n) is 9.28. The van der Waals surface area contributed by atoms with E-state index in [9.17, 15) is 27.6 Å². The molecule has 274 valence electrons. The van der Waals surface area contributed by atoms with Crippen LogP contribution in [0.4, 0.5) is 0 Å². The highest BCUT2D eigenvalue weighted by Gasteiger charge is 2.38. The summed E-state index contributed by atoms with van der Waals surface area (Å²) < 4.78 is 27.8. The number of hydrogen-bond donors (Lipinski definition) is 3. The van der Waals surface area contributed by atoms with Crippen LogP contribution in [0.1, 0.15) is 65.3 Å². The third kappa shape index (κ3) is 6.70. The normalized spacial score (nSPS) is 15.5. The molecule has 0 spiro atoms. The van der Waals surface area contributed by atoms with Crippen LogP contribution in [0.2, 0.25) is 0 Å². The summed E-state index contributed by atoms with van der Waals surface area (Å²) in [5.74, 6) is -1.20. The first-order valence-corrected chi connectivity index (χ1v) is 20.4. The zero-order valence-electron chi connectivity index (χ0n) is 29.5. The molecule has 6 aromatic rings. The minimum atomic E-state index is -3.67. The van der Waals surface area contributed by atoms with Crippen LogP contribution >= 0.6 is 22.7 Å². The smallest absolute Gasteiger partial charge is 0.261 e. The summed E-state index contributed by atoms with van der Waals surface area (Å²) in [4.78, 5) is 66.5. The maximum Gasteiger partial charge on any atom is 0.261 e. The monoisotopic (exact) mass is 772 g/mol. The zero-order valence-corrected chi connectivity index (χ0v) is 32.0. The number of aromatic nitrogens is 2. The van der Waals surface area contributed by atoms with Crippen LogP contribution in [-0.4, -0.2) is 101 Å². The van der Waals surface area contributed by atoms with Crippen molar-refractivity contribution in [3.63, 3.8) is 0 Å². The lowest BCUT2D eigenvalue weighted by Gasteiger charge is -2.32. The number of thiazole rings is 2. The Labute approximate surface area is 312 Å². The molecule has 0 aliphatic carbocycles. The first kappa shape index (κ1) is 36.6.